The first-order valence-electron chi connectivity index (χ1n) is 6.23. The third-order valence-corrected chi connectivity index (χ3v) is 2.79. The average Bonchev–Trinajstić information content (AvgIpc) is 2.74. The summed E-state index contributed by atoms with van der Waals surface area (Å²) in [6, 6.07) is 0. The molecule has 1 saturated heterocycles. The lowest BCUT2D eigenvalue weighted by atomic mass is 10.1. The summed E-state index contributed by atoms with van der Waals surface area (Å²) in [6.45, 7) is 9.20. The van der Waals surface area contributed by atoms with E-state index < -0.39 is 0 Å². The van der Waals surface area contributed by atoms with Crippen molar-refractivity contribution in [2.75, 3.05) is 32.9 Å². The minimum atomic E-state index is 0.370. The van der Waals surface area contributed by atoms with Crippen molar-refractivity contribution >= 4 is 0 Å². The second-order valence-electron chi connectivity index (χ2n) is 4.41. The third-order valence-electron chi connectivity index (χ3n) is 2.79. The molecule has 0 saturated carbocycles. The zero-order valence-electron chi connectivity index (χ0n) is 10.1. The van der Waals surface area contributed by atoms with E-state index in [4.69, 9.17) is 9.47 Å². The highest BCUT2D eigenvalue weighted by atomic mass is 16.5. The van der Waals surface area contributed by atoms with Gasteiger partial charge in [0.15, 0.2) is 0 Å². The van der Waals surface area contributed by atoms with E-state index in [1.54, 1.807) is 0 Å². The minimum absolute atomic E-state index is 0.370. The molecule has 1 rings (SSSR count). The molecule has 2 atom stereocenters. The number of hydrogen-bond acceptors (Lipinski definition) is 3. The molecular weight excluding hydrogens is 190 g/mol. The maximum Gasteiger partial charge on any atom is 0.0559 e. The van der Waals surface area contributed by atoms with Crippen LogP contribution in [-0.4, -0.2) is 39.0 Å². The van der Waals surface area contributed by atoms with Crippen molar-refractivity contribution < 1.29 is 9.47 Å². The monoisotopic (exact) mass is 215 g/mol. The fraction of sp³-hybridized carbons (Fsp3) is 1.00. The molecule has 0 spiro atoms. The Morgan fingerprint density at radius 3 is 3.00 bits per heavy atom. The van der Waals surface area contributed by atoms with Crippen LogP contribution in [0.4, 0.5) is 0 Å². The van der Waals surface area contributed by atoms with Gasteiger partial charge in [0, 0.05) is 12.5 Å². The summed E-state index contributed by atoms with van der Waals surface area (Å²) < 4.78 is 11.1. The highest BCUT2D eigenvalue weighted by Crippen LogP contribution is 2.13. The van der Waals surface area contributed by atoms with Gasteiger partial charge in [-0.2, -0.15) is 0 Å². The van der Waals surface area contributed by atoms with Gasteiger partial charge in [-0.25, -0.2) is 0 Å². The quantitative estimate of drug-likeness (QED) is 0.626. The van der Waals surface area contributed by atoms with Gasteiger partial charge < -0.3 is 14.8 Å². The van der Waals surface area contributed by atoms with Crippen LogP contribution in [0.2, 0.25) is 0 Å². The van der Waals surface area contributed by atoms with Crippen LogP contribution in [0.15, 0.2) is 0 Å². The van der Waals surface area contributed by atoms with Crippen molar-refractivity contribution in [3.63, 3.8) is 0 Å². The molecule has 2 unspecified atom stereocenters. The van der Waals surface area contributed by atoms with Crippen molar-refractivity contribution in [1.82, 2.24) is 5.32 Å². The Balaban J connectivity index is 1.90. The van der Waals surface area contributed by atoms with E-state index in [1.807, 2.05) is 0 Å². The fourth-order valence-corrected chi connectivity index (χ4v) is 1.71. The SMILES string of the molecule is CCCNCCC(C)OCC1CCOC1. The van der Waals surface area contributed by atoms with Crippen LogP contribution in [0.3, 0.4) is 0 Å². The van der Waals surface area contributed by atoms with Crippen LogP contribution in [0.25, 0.3) is 0 Å². The molecule has 0 aliphatic carbocycles. The van der Waals surface area contributed by atoms with Gasteiger partial charge in [0.2, 0.25) is 0 Å². The lowest BCUT2D eigenvalue weighted by Gasteiger charge is -2.15. The van der Waals surface area contributed by atoms with Gasteiger partial charge in [-0.15, -0.1) is 0 Å². The Morgan fingerprint density at radius 2 is 2.33 bits per heavy atom. The van der Waals surface area contributed by atoms with E-state index >= 15 is 0 Å². The molecule has 0 aromatic carbocycles. The predicted molar refractivity (Wildman–Crippen MR) is 62.1 cm³/mol. The maximum absolute atomic E-state index is 5.79. The van der Waals surface area contributed by atoms with Gasteiger partial charge in [-0.3, -0.25) is 0 Å². The Labute approximate surface area is 93.5 Å². The van der Waals surface area contributed by atoms with Crippen molar-refractivity contribution in [3.05, 3.63) is 0 Å². The minimum Gasteiger partial charge on any atom is -0.381 e. The normalized spacial score (nSPS) is 23.2. The first-order valence-corrected chi connectivity index (χ1v) is 6.23. The van der Waals surface area contributed by atoms with Crippen LogP contribution in [0.1, 0.15) is 33.1 Å². The van der Waals surface area contributed by atoms with Crippen molar-refractivity contribution in [2.45, 2.75) is 39.2 Å². The second kappa shape index (κ2) is 8.08. The number of hydrogen-bond donors (Lipinski definition) is 1. The molecule has 0 amide bonds. The van der Waals surface area contributed by atoms with Gasteiger partial charge in [0.05, 0.1) is 19.3 Å². The fourth-order valence-electron chi connectivity index (χ4n) is 1.71. The molecule has 0 aromatic rings. The molecule has 1 heterocycles. The number of ether oxygens (including phenoxy) is 2. The molecule has 0 aromatic heterocycles. The van der Waals surface area contributed by atoms with E-state index in [9.17, 15) is 0 Å². The van der Waals surface area contributed by atoms with Crippen molar-refractivity contribution in [3.8, 4) is 0 Å². The molecular formula is C12H25NO2. The Morgan fingerprint density at radius 1 is 1.47 bits per heavy atom. The standard InChI is InChI=1S/C12H25NO2/c1-3-6-13-7-4-11(2)15-10-12-5-8-14-9-12/h11-13H,3-10H2,1-2H3. The summed E-state index contributed by atoms with van der Waals surface area (Å²) in [5.74, 6) is 0.635. The third kappa shape index (κ3) is 6.13. The lowest BCUT2D eigenvalue weighted by molar-refractivity contribution is 0.0324. The van der Waals surface area contributed by atoms with Crippen LogP contribution < -0.4 is 5.32 Å². The van der Waals surface area contributed by atoms with E-state index in [1.165, 1.54) is 12.8 Å². The summed E-state index contributed by atoms with van der Waals surface area (Å²) in [5.41, 5.74) is 0. The summed E-state index contributed by atoms with van der Waals surface area (Å²) >= 11 is 0. The largest absolute Gasteiger partial charge is 0.381 e. The highest BCUT2D eigenvalue weighted by molar-refractivity contribution is 4.64. The highest BCUT2D eigenvalue weighted by Gasteiger charge is 2.16. The topological polar surface area (TPSA) is 30.5 Å². The first kappa shape index (κ1) is 12.9. The molecule has 1 aliphatic heterocycles. The zero-order valence-corrected chi connectivity index (χ0v) is 10.1. The van der Waals surface area contributed by atoms with Gasteiger partial charge in [-0.1, -0.05) is 6.92 Å². The van der Waals surface area contributed by atoms with Crippen molar-refractivity contribution in [2.24, 2.45) is 5.92 Å². The van der Waals surface area contributed by atoms with E-state index in [0.717, 1.165) is 39.3 Å². The Hall–Kier alpha value is -0.120. The van der Waals surface area contributed by atoms with Crippen LogP contribution in [0.5, 0.6) is 0 Å². The Kier molecular flexibility index (Phi) is 6.98. The van der Waals surface area contributed by atoms with E-state index in [-0.39, 0.29) is 0 Å². The first-order chi connectivity index (χ1) is 7.33. The van der Waals surface area contributed by atoms with Crippen LogP contribution in [-0.2, 0) is 9.47 Å². The number of nitrogens with one attached hydrogen (secondary N) is 1. The predicted octanol–water partition coefficient (Wildman–Crippen LogP) is 1.82. The molecule has 1 aliphatic rings. The summed E-state index contributed by atoms with van der Waals surface area (Å²) in [4.78, 5) is 0. The van der Waals surface area contributed by atoms with Crippen molar-refractivity contribution in [1.29, 1.82) is 0 Å². The molecule has 3 nitrogen and oxygen atoms in total. The van der Waals surface area contributed by atoms with Crippen LogP contribution in [0, 0.1) is 5.92 Å². The molecule has 90 valence electrons. The zero-order chi connectivity index (χ0) is 10.9. The van der Waals surface area contributed by atoms with E-state index in [2.05, 4.69) is 19.2 Å². The van der Waals surface area contributed by atoms with Crippen LogP contribution >= 0.6 is 0 Å². The average molecular weight is 215 g/mol. The summed E-state index contributed by atoms with van der Waals surface area (Å²) in [6.07, 6.45) is 3.85. The smallest absolute Gasteiger partial charge is 0.0559 e. The lowest BCUT2D eigenvalue weighted by Crippen LogP contribution is -2.23. The molecule has 3 heteroatoms. The Bertz CT molecular complexity index is 147. The molecule has 0 bridgehead atoms. The molecule has 1 fully saturated rings. The molecule has 0 radical (unpaired) electrons. The summed E-state index contributed by atoms with van der Waals surface area (Å²) in [5, 5.41) is 3.39. The maximum atomic E-state index is 5.79. The van der Waals surface area contributed by atoms with Gasteiger partial charge in [0.1, 0.15) is 0 Å². The second-order valence-corrected chi connectivity index (χ2v) is 4.41. The van der Waals surface area contributed by atoms with Gasteiger partial charge in [-0.05, 0) is 39.3 Å². The molecule has 15 heavy (non-hydrogen) atoms. The van der Waals surface area contributed by atoms with Gasteiger partial charge >= 0.3 is 0 Å². The number of rotatable bonds is 8. The summed E-state index contributed by atoms with van der Waals surface area (Å²) in [7, 11) is 0. The molecule has 1 N–H and O–H groups in total. The van der Waals surface area contributed by atoms with Gasteiger partial charge in [0.25, 0.3) is 0 Å². The van der Waals surface area contributed by atoms with E-state index in [0.29, 0.717) is 12.0 Å².